The number of piperidine rings is 1. The number of nitro groups is 1. The maximum atomic E-state index is 12.5. The fourth-order valence-corrected chi connectivity index (χ4v) is 3.71. The highest BCUT2D eigenvalue weighted by atomic mass is 16.6. The van der Waals surface area contributed by atoms with Crippen molar-refractivity contribution in [2.24, 2.45) is 5.92 Å². The number of nitrogens with one attached hydrogen (secondary N) is 1. The van der Waals surface area contributed by atoms with Crippen LogP contribution in [0, 0.1) is 23.0 Å². The molecule has 1 heterocycles. The molecule has 1 aliphatic rings. The first-order valence-electron chi connectivity index (χ1n) is 9.76. The first-order valence-corrected chi connectivity index (χ1v) is 9.76. The van der Waals surface area contributed by atoms with Crippen LogP contribution >= 0.6 is 0 Å². The van der Waals surface area contributed by atoms with Gasteiger partial charge in [-0.2, -0.15) is 0 Å². The predicted molar refractivity (Wildman–Crippen MR) is 111 cm³/mol. The maximum Gasteiger partial charge on any atom is 0.273 e. The summed E-state index contributed by atoms with van der Waals surface area (Å²) in [5.74, 6) is 0.398. The number of benzene rings is 2. The average molecular weight is 381 g/mol. The van der Waals surface area contributed by atoms with E-state index < -0.39 is 4.92 Å². The van der Waals surface area contributed by atoms with Gasteiger partial charge in [0, 0.05) is 36.0 Å². The Balaban J connectivity index is 1.67. The third-order valence-corrected chi connectivity index (χ3v) is 5.43. The number of carbonyl (C=O) groups is 1. The minimum Gasteiger partial charge on any atom is -0.371 e. The second-order valence-electron chi connectivity index (χ2n) is 7.74. The number of amides is 1. The van der Waals surface area contributed by atoms with E-state index in [4.69, 9.17) is 0 Å². The number of anilines is 1. The third-order valence-electron chi connectivity index (χ3n) is 5.43. The van der Waals surface area contributed by atoms with Crippen LogP contribution < -0.4 is 10.2 Å². The minimum atomic E-state index is -0.463. The monoisotopic (exact) mass is 381 g/mol. The van der Waals surface area contributed by atoms with Gasteiger partial charge in [-0.15, -0.1) is 0 Å². The molecule has 0 bridgehead atoms. The highest BCUT2D eigenvalue weighted by Gasteiger charge is 2.19. The van der Waals surface area contributed by atoms with E-state index in [2.05, 4.69) is 29.3 Å². The molecule has 0 aromatic heterocycles. The van der Waals surface area contributed by atoms with Crippen molar-refractivity contribution >= 4 is 17.3 Å². The third kappa shape index (κ3) is 4.50. The lowest BCUT2D eigenvalue weighted by Gasteiger charge is -2.33. The van der Waals surface area contributed by atoms with Gasteiger partial charge >= 0.3 is 0 Å². The van der Waals surface area contributed by atoms with E-state index in [1.807, 2.05) is 19.1 Å². The Hall–Kier alpha value is -2.89. The number of nitro benzene ring substituents is 1. The van der Waals surface area contributed by atoms with Crippen molar-refractivity contribution in [3.63, 3.8) is 0 Å². The molecule has 2 atom stereocenters. The van der Waals surface area contributed by atoms with E-state index >= 15 is 0 Å². The second kappa shape index (κ2) is 8.42. The molecule has 148 valence electrons. The largest absolute Gasteiger partial charge is 0.371 e. The van der Waals surface area contributed by atoms with Gasteiger partial charge in [0.15, 0.2) is 0 Å². The van der Waals surface area contributed by atoms with Crippen molar-refractivity contribution in [3.8, 4) is 0 Å². The van der Waals surface area contributed by atoms with E-state index in [1.54, 1.807) is 19.1 Å². The summed E-state index contributed by atoms with van der Waals surface area (Å²) >= 11 is 0. The SMILES string of the molecule is Cc1ccc(C(=O)N[C@@H](C)c2ccc(N3CCC[C@H](C)C3)cc2)cc1[N+](=O)[O-]. The number of rotatable bonds is 5. The molecule has 0 spiro atoms. The molecular weight excluding hydrogens is 354 g/mol. The van der Waals surface area contributed by atoms with E-state index in [9.17, 15) is 14.9 Å². The van der Waals surface area contributed by atoms with E-state index in [1.165, 1.54) is 24.6 Å². The molecule has 1 saturated heterocycles. The first kappa shape index (κ1) is 19.9. The zero-order chi connectivity index (χ0) is 20.3. The molecule has 0 aliphatic carbocycles. The Morgan fingerprint density at radius 2 is 1.96 bits per heavy atom. The summed E-state index contributed by atoms with van der Waals surface area (Å²) in [4.78, 5) is 25.6. The van der Waals surface area contributed by atoms with Gasteiger partial charge < -0.3 is 10.2 Å². The van der Waals surface area contributed by atoms with Gasteiger partial charge in [0.2, 0.25) is 0 Å². The molecule has 1 fully saturated rings. The van der Waals surface area contributed by atoms with Gasteiger partial charge in [-0.3, -0.25) is 14.9 Å². The fourth-order valence-electron chi connectivity index (χ4n) is 3.71. The lowest BCUT2D eigenvalue weighted by atomic mass is 9.99. The Bertz CT molecular complexity index is 864. The summed E-state index contributed by atoms with van der Waals surface area (Å²) in [6.45, 7) is 8.03. The number of hydrogen-bond acceptors (Lipinski definition) is 4. The van der Waals surface area contributed by atoms with Gasteiger partial charge in [-0.05, 0) is 56.4 Å². The molecule has 3 rings (SSSR count). The minimum absolute atomic E-state index is 0.0413. The number of aryl methyl sites for hydroxylation is 1. The van der Waals surface area contributed by atoms with Crippen molar-refractivity contribution in [1.29, 1.82) is 0 Å². The highest BCUT2D eigenvalue weighted by Crippen LogP contribution is 2.25. The van der Waals surface area contributed by atoms with Crippen molar-refractivity contribution in [1.82, 2.24) is 5.32 Å². The topological polar surface area (TPSA) is 75.5 Å². The molecule has 6 nitrogen and oxygen atoms in total. The first-order chi connectivity index (χ1) is 13.3. The molecule has 0 radical (unpaired) electrons. The fraction of sp³-hybridized carbons (Fsp3) is 0.409. The van der Waals surface area contributed by atoms with Crippen LogP contribution in [0.5, 0.6) is 0 Å². The van der Waals surface area contributed by atoms with Crippen molar-refractivity contribution < 1.29 is 9.72 Å². The van der Waals surface area contributed by atoms with Gasteiger partial charge in [-0.1, -0.05) is 25.1 Å². The van der Waals surface area contributed by atoms with Crippen molar-refractivity contribution in [3.05, 3.63) is 69.3 Å². The molecule has 1 aliphatic heterocycles. The molecule has 6 heteroatoms. The summed E-state index contributed by atoms with van der Waals surface area (Å²) in [6.07, 6.45) is 2.51. The quantitative estimate of drug-likeness (QED) is 0.605. The zero-order valence-electron chi connectivity index (χ0n) is 16.6. The van der Waals surface area contributed by atoms with Crippen LogP contribution in [0.15, 0.2) is 42.5 Å². The second-order valence-corrected chi connectivity index (χ2v) is 7.74. The van der Waals surface area contributed by atoms with E-state index in [0.29, 0.717) is 17.0 Å². The molecule has 1 N–H and O–H groups in total. The molecule has 28 heavy (non-hydrogen) atoms. The number of carbonyl (C=O) groups excluding carboxylic acids is 1. The van der Waals surface area contributed by atoms with Gasteiger partial charge in [0.25, 0.3) is 11.6 Å². The molecule has 1 amide bonds. The van der Waals surface area contributed by atoms with Gasteiger partial charge in [0.05, 0.1) is 11.0 Å². The molecule has 2 aromatic rings. The van der Waals surface area contributed by atoms with E-state index in [0.717, 1.165) is 18.7 Å². The summed E-state index contributed by atoms with van der Waals surface area (Å²) in [7, 11) is 0. The molecule has 0 unspecified atom stereocenters. The highest BCUT2D eigenvalue weighted by molar-refractivity contribution is 5.95. The van der Waals surface area contributed by atoms with Crippen LogP contribution in [0.4, 0.5) is 11.4 Å². The predicted octanol–water partition coefficient (Wildman–Crippen LogP) is 4.63. The molecule has 2 aromatic carbocycles. The van der Waals surface area contributed by atoms with Crippen molar-refractivity contribution in [2.45, 2.75) is 39.7 Å². The Morgan fingerprint density at radius 1 is 1.25 bits per heavy atom. The molecule has 0 saturated carbocycles. The maximum absolute atomic E-state index is 12.5. The summed E-state index contributed by atoms with van der Waals surface area (Å²) in [5.41, 5.74) is 3.01. The van der Waals surface area contributed by atoms with Gasteiger partial charge in [-0.25, -0.2) is 0 Å². The van der Waals surface area contributed by atoms with Crippen LogP contribution in [0.25, 0.3) is 0 Å². The molecular formula is C22H27N3O3. The summed E-state index contributed by atoms with van der Waals surface area (Å²) in [6, 6.07) is 12.6. The van der Waals surface area contributed by atoms with Crippen LogP contribution in [0.2, 0.25) is 0 Å². The van der Waals surface area contributed by atoms with Crippen molar-refractivity contribution in [2.75, 3.05) is 18.0 Å². The lowest BCUT2D eigenvalue weighted by molar-refractivity contribution is -0.385. The zero-order valence-corrected chi connectivity index (χ0v) is 16.6. The number of nitrogens with zero attached hydrogens (tertiary/aromatic N) is 2. The summed E-state index contributed by atoms with van der Waals surface area (Å²) < 4.78 is 0. The van der Waals surface area contributed by atoms with Crippen LogP contribution in [-0.4, -0.2) is 23.9 Å². The Labute approximate surface area is 165 Å². The average Bonchev–Trinajstić information content (AvgIpc) is 2.68. The Morgan fingerprint density at radius 3 is 2.61 bits per heavy atom. The van der Waals surface area contributed by atoms with Crippen LogP contribution in [0.3, 0.4) is 0 Å². The Kier molecular flexibility index (Phi) is 5.97. The standard InChI is InChI=1S/C22H27N3O3/c1-15-5-4-12-24(14-15)20-10-8-18(9-11-20)17(3)23-22(26)19-7-6-16(2)21(13-19)25(27)28/h6-11,13,15,17H,4-5,12,14H2,1-3H3,(H,23,26)/t15-,17-/m0/s1. The van der Waals surface area contributed by atoms with Crippen LogP contribution in [0.1, 0.15) is 54.2 Å². The normalized spacial score (nSPS) is 17.8. The number of hydrogen-bond donors (Lipinski definition) is 1. The summed E-state index contributed by atoms with van der Waals surface area (Å²) in [5, 5.41) is 14.0. The lowest BCUT2D eigenvalue weighted by Crippen LogP contribution is -2.34. The van der Waals surface area contributed by atoms with Crippen LogP contribution in [-0.2, 0) is 0 Å². The van der Waals surface area contributed by atoms with E-state index in [-0.39, 0.29) is 17.6 Å². The smallest absolute Gasteiger partial charge is 0.273 e. The van der Waals surface area contributed by atoms with Gasteiger partial charge in [0.1, 0.15) is 0 Å².